The van der Waals surface area contributed by atoms with Crippen molar-refractivity contribution in [3.05, 3.63) is 35.2 Å². The second-order valence-electron chi connectivity index (χ2n) is 7.11. The number of anilines is 3. The van der Waals surface area contributed by atoms with Crippen LogP contribution in [0.5, 0.6) is 5.75 Å². The van der Waals surface area contributed by atoms with E-state index in [0.717, 1.165) is 73.6 Å². The van der Waals surface area contributed by atoms with Crippen LogP contribution >= 0.6 is 12.6 Å². The molecule has 2 N–H and O–H groups in total. The maximum Gasteiger partial charge on any atom is 0.146 e. The molecule has 0 unspecified atom stereocenters. The minimum Gasteiger partial charge on any atom is -0.486 e. The van der Waals surface area contributed by atoms with Crippen LogP contribution in [0.15, 0.2) is 18.5 Å². The summed E-state index contributed by atoms with van der Waals surface area (Å²) in [5.41, 5.74) is 4.52. The second-order valence-corrected chi connectivity index (χ2v) is 7.11. The highest BCUT2D eigenvalue weighted by Gasteiger charge is 2.26. The molecular formula is C20H27N5O2S. The summed E-state index contributed by atoms with van der Waals surface area (Å²) in [6, 6.07) is 4.45. The van der Waals surface area contributed by atoms with E-state index in [1.807, 2.05) is 0 Å². The lowest BCUT2D eigenvalue weighted by molar-refractivity contribution is 0.122. The Labute approximate surface area is 171 Å². The fourth-order valence-corrected chi connectivity index (χ4v) is 3.81. The monoisotopic (exact) mass is 401 g/mol. The molecule has 2 fully saturated rings. The molecule has 0 radical (unpaired) electrons. The highest BCUT2D eigenvalue weighted by atomic mass is 32.1. The van der Waals surface area contributed by atoms with Gasteiger partial charge in [-0.05, 0) is 30.4 Å². The van der Waals surface area contributed by atoms with Crippen LogP contribution in [0.2, 0.25) is 0 Å². The molecule has 0 saturated carbocycles. The van der Waals surface area contributed by atoms with Crippen molar-refractivity contribution < 1.29 is 9.47 Å². The Kier molecular flexibility index (Phi) is 5.89. The maximum atomic E-state index is 6.21. The third kappa shape index (κ3) is 3.64. The van der Waals surface area contributed by atoms with Gasteiger partial charge >= 0.3 is 0 Å². The van der Waals surface area contributed by atoms with E-state index in [9.17, 15) is 0 Å². The summed E-state index contributed by atoms with van der Waals surface area (Å²) in [6.45, 7) is 7.80. The zero-order chi connectivity index (χ0) is 19.5. The van der Waals surface area contributed by atoms with E-state index in [0.29, 0.717) is 12.5 Å². The van der Waals surface area contributed by atoms with E-state index in [2.05, 4.69) is 57.2 Å². The minimum absolute atomic E-state index is 0.466. The van der Waals surface area contributed by atoms with Gasteiger partial charge in [0.1, 0.15) is 30.3 Å². The molecule has 2 saturated heterocycles. The van der Waals surface area contributed by atoms with Crippen LogP contribution < -0.4 is 20.3 Å². The van der Waals surface area contributed by atoms with Gasteiger partial charge in [-0.25, -0.2) is 9.97 Å². The summed E-state index contributed by atoms with van der Waals surface area (Å²) in [5, 5.41) is 6.86. The highest BCUT2D eigenvalue weighted by molar-refractivity contribution is 7.79. The van der Waals surface area contributed by atoms with Crippen molar-refractivity contribution >= 4 is 30.0 Å². The maximum absolute atomic E-state index is 6.21. The van der Waals surface area contributed by atoms with E-state index in [1.54, 1.807) is 12.6 Å². The lowest BCUT2D eigenvalue weighted by Crippen LogP contribution is -2.39. The third-order valence-corrected chi connectivity index (χ3v) is 5.40. The first-order valence-corrected chi connectivity index (χ1v) is 10.6. The van der Waals surface area contributed by atoms with E-state index in [4.69, 9.17) is 9.47 Å². The van der Waals surface area contributed by atoms with Gasteiger partial charge in [-0.15, -0.1) is 0 Å². The largest absolute Gasteiger partial charge is 0.486 e. The molecule has 0 bridgehead atoms. The Hall–Kier alpha value is -2.03. The summed E-state index contributed by atoms with van der Waals surface area (Å²) in [4.78, 5) is 11.3. The molecule has 5 rings (SSSR count). The molecule has 0 aliphatic carbocycles. The predicted octanol–water partition coefficient (Wildman–Crippen LogP) is 2.49. The van der Waals surface area contributed by atoms with Gasteiger partial charge in [-0.2, -0.15) is 12.6 Å². The SMILES string of the molecule is CS.Cc1cc(C2CNC2)cc2c1OCc1c(ncnc1N1CCOCC1)N2. The second kappa shape index (κ2) is 8.55. The zero-order valence-electron chi connectivity index (χ0n) is 16.4. The van der Waals surface area contributed by atoms with Gasteiger partial charge in [0.05, 0.1) is 24.5 Å². The van der Waals surface area contributed by atoms with E-state index >= 15 is 0 Å². The van der Waals surface area contributed by atoms with E-state index in [-0.39, 0.29) is 0 Å². The smallest absolute Gasteiger partial charge is 0.146 e. The fourth-order valence-electron chi connectivity index (χ4n) is 3.81. The van der Waals surface area contributed by atoms with Crippen molar-refractivity contribution in [1.82, 2.24) is 15.3 Å². The van der Waals surface area contributed by atoms with Crippen LogP contribution in [0.25, 0.3) is 0 Å². The van der Waals surface area contributed by atoms with Crippen molar-refractivity contribution in [1.29, 1.82) is 0 Å². The number of aromatic nitrogens is 2. The van der Waals surface area contributed by atoms with Gasteiger partial charge < -0.3 is 25.0 Å². The van der Waals surface area contributed by atoms with Crippen LogP contribution in [0.1, 0.15) is 22.6 Å². The van der Waals surface area contributed by atoms with Crippen molar-refractivity contribution in [2.45, 2.75) is 19.4 Å². The van der Waals surface area contributed by atoms with Gasteiger partial charge in [0.25, 0.3) is 0 Å². The molecule has 28 heavy (non-hydrogen) atoms. The number of fused-ring (bicyclic) bond motifs is 2. The highest BCUT2D eigenvalue weighted by Crippen LogP contribution is 2.40. The van der Waals surface area contributed by atoms with Crippen molar-refractivity contribution in [2.75, 3.05) is 55.9 Å². The number of rotatable bonds is 2. The Morgan fingerprint density at radius 2 is 1.93 bits per heavy atom. The first-order chi connectivity index (χ1) is 13.8. The molecule has 2 aromatic rings. The van der Waals surface area contributed by atoms with Crippen LogP contribution in [-0.2, 0) is 11.3 Å². The number of aryl methyl sites for hydroxylation is 1. The summed E-state index contributed by atoms with van der Waals surface area (Å²) >= 11 is 3.53. The average Bonchev–Trinajstić information content (AvgIpc) is 2.88. The number of ether oxygens (including phenoxy) is 2. The van der Waals surface area contributed by atoms with Crippen LogP contribution in [0.4, 0.5) is 17.3 Å². The first-order valence-electron chi connectivity index (χ1n) is 9.66. The summed E-state index contributed by atoms with van der Waals surface area (Å²) in [5.74, 6) is 3.27. The molecule has 3 aliphatic rings. The lowest BCUT2D eigenvalue weighted by Gasteiger charge is -2.29. The van der Waals surface area contributed by atoms with Crippen LogP contribution in [0.3, 0.4) is 0 Å². The Morgan fingerprint density at radius 1 is 1.14 bits per heavy atom. The standard InChI is InChI=1S/C19H23N5O2.CH4S/c1-12-6-13(14-8-20-9-14)7-16-17(12)26-10-15-18(23-16)21-11-22-19(15)24-2-4-25-5-3-24;1-2/h6-7,11,14,20H,2-5,8-10H2,1H3,(H,21,22,23);2H,1H3. The predicted molar refractivity (Wildman–Crippen MR) is 114 cm³/mol. The quantitative estimate of drug-likeness (QED) is 0.668. The summed E-state index contributed by atoms with van der Waals surface area (Å²) < 4.78 is 11.7. The number of nitrogens with zero attached hydrogens (tertiary/aromatic N) is 3. The lowest BCUT2D eigenvalue weighted by atomic mass is 9.92. The molecule has 0 atom stereocenters. The molecule has 150 valence electrons. The Balaban J connectivity index is 0.000000932. The molecule has 0 spiro atoms. The summed E-state index contributed by atoms with van der Waals surface area (Å²) in [7, 11) is 0. The number of hydrogen-bond acceptors (Lipinski definition) is 8. The van der Waals surface area contributed by atoms with Gasteiger partial charge in [0, 0.05) is 32.1 Å². The van der Waals surface area contributed by atoms with Crippen LogP contribution in [0, 0.1) is 6.92 Å². The fraction of sp³-hybridized carbons (Fsp3) is 0.500. The Bertz CT molecular complexity index is 838. The van der Waals surface area contributed by atoms with Gasteiger partial charge in [0.15, 0.2) is 0 Å². The Morgan fingerprint density at radius 3 is 2.64 bits per heavy atom. The molecule has 1 aromatic carbocycles. The van der Waals surface area contributed by atoms with Gasteiger partial charge in [-0.3, -0.25) is 0 Å². The molecule has 3 aliphatic heterocycles. The van der Waals surface area contributed by atoms with E-state index < -0.39 is 0 Å². The van der Waals surface area contributed by atoms with Crippen molar-refractivity contribution in [3.63, 3.8) is 0 Å². The normalized spacial score (nSPS) is 18.3. The third-order valence-electron chi connectivity index (χ3n) is 5.40. The average molecular weight is 402 g/mol. The van der Waals surface area contributed by atoms with Gasteiger partial charge in [-0.1, -0.05) is 6.07 Å². The summed E-state index contributed by atoms with van der Waals surface area (Å²) in [6.07, 6.45) is 3.33. The topological polar surface area (TPSA) is 71.5 Å². The molecule has 8 heteroatoms. The van der Waals surface area contributed by atoms with Gasteiger partial charge in [0.2, 0.25) is 0 Å². The van der Waals surface area contributed by atoms with E-state index in [1.165, 1.54) is 5.56 Å². The molecule has 1 aromatic heterocycles. The number of thiol groups is 1. The molecule has 0 amide bonds. The molecular weight excluding hydrogens is 374 g/mol. The number of nitrogens with one attached hydrogen (secondary N) is 2. The van der Waals surface area contributed by atoms with Crippen LogP contribution in [-0.4, -0.2) is 55.6 Å². The zero-order valence-corrected chi connectivity index (χ0v) is 17.3. The van der Waals surface area contributed by atoms with Crippen molar-refractivity contribution in [2.24, 2.45) is 0 Å². The minimum atomic E-state index is 0.466. The number of benzene rings is 1. The van der Waals surface area contributed by atoms with Crippen molar-refractivity contribution in [3.8, 4) is 5.75 Å². The molecule has 7 nitrogen and oxygen atoms in total. The number of hydrogen-bond donors (Lipinski definition) is 3. The first kappa shape index (κ1) is 19.3. The molecule has 4 heterocycles. The number of morpholine rings is 1.